The third kappa shape index (κ3) is 3.73. The predicted molar refractivity (Wildman–Crippen MR) is 79.5 cm³/mol. The van der Waals surface area contributed by atoms with Crippen molar-refractivity contribution in [2.24, 2.45) is 17.3 Å². The van der Waals surface area contributed by atoms with Crippen molar-refractivity contribution in [3.05, 3.63) is 0 Å². The molecule has 18 heavy (non-hydrogen) atoms. The second-order valence-corrected chi connectivity index (χ2v) is 6.70. The lowest BCUT2D eigenvalue weighted by Gasteiger charge is -2.40. The fourth-order valence-corrected chi connectivity index (χ4v) is 2.25. The Kier molecular flexibility index (Phi) is 6.39. The molecule has 0 aromatic carbocycles. The van der Waals surface area contributed by atoms with E-state index in [1.807, 2.05) is 0 Å². The topological polar surface area (TPSA) is 29.1 Å². The number of nitrogens with one attached hydrogen (secondary N) is 1. The molecule has 2 heteroatoms. The molecule has 0 aliphatic rings. The van der Waals surface area contributed by atoms with Crippen LogP contribution in [0.3, 0.4) is 0 Å². The van der Waals surface area contributed by atoms with Crippen molar-refractivity contribution in [2.75, 3.05) is 0 Å². The van der Waals surface area contributed by atoms with Crippen LogP contribution in [0.2, 0.25) is 0 Å². The normalized spacial score (nSPS) is 18.6. The molecule has 0 radical (unpaired) electrons. The number of amides is 1. The molecule has 0 aliphatic carbocycles. The summed E-state index contributed by atoms with van der Waals surface area (Å²) < 4.78 is 0. The van der Waals surface area contributed by atoms with Crippen molar-refractivity contribution in [1.82, 2.24) is 5.32 Å². The minimum Gasteiger partial charge on any atom is -0.350 e. The molecule has 0 saturated heterocycles. The fourth-order valence-electron chi connectivity index (χ4n) is 2.25. The van der Waals surface area contributed by atoms with E-state index in [9.17, 15) is 4.79 Å². The summed E-state index contributed by atoms with van der Waals surface area (Å²) >= 11 is 0. The minimum atomic E-state index is -0.260. The smallest absolute Gasteiger partial charge is 0.226 e. The van der Waals surface area contributed by atoms with Crippen LogP contribution in [0.1, 0.15) is 74.7 Å². The average Bonchev–Trinajstić information content (AvgIpc) is 2.27. The van der Waals surface area contributed by atoms with Crippen molar-refractivity contribution in [3.8, 4) is 0 Å². The van der Waals surface area contributed by atoms with E-state index in [4.69, 9.17) is 0 Å². The Morgan fingerprint density at radius 2 is 1.56 bits per heavy atom. The number of carbonyl (C=O) groups is 1. The van der Waals surface area contributed by atoms with Gasteiger partial charge in [0.15, 0.2) is 0 Å². The summed E-state index contributed by atoms with van der Waals surface area (Å²) in [7, 11) is 0. The van der Waals surface area contributed by atoms with Crippen LogP contribution in [0.4, 0.5) is 0 Å². The van der Waals surface area contributed by atoms with Gasteiger partial charge in [-0.1, -0.05) is 54.9 Å². The molecular formula is C16H33NO. The highest BCUT2D eigenvalue weighted by Gasteiger charge is 2.39. The molecule has 0 fully saturated rings. The van der Waals surface area contributed by atoms with Crippen LogP contribution in [0.25, 0.3) is 0 Å². The van der Waals surface area contributed by atoms with Gasteiger partial charge in [-0.3, -0.25) is 4.79 Å². The summed E-state index contributed by atoms with van der Waals surface area (Å²) in [6.45, 7) is 17.2. The van der Waals surface area contributed by atoms with E-state index in [2.05, 4.69) is 60.7 Å². The highest BCUT2D eigenvalue weighted by atomic mass is 16.2. The maximum Gasteiger partial charge on any atom is 0.226 e. The summed E-state index contributed by atoms with van der Waals surface area (Å²) in [4.78, 5) is 12.6. The molecule has 2 atom stereocenters. The van der Waals surface area contributed by atoms with Crippen molar-refractivity contribution in [3.63, 3.8) is 0 Å². The first-order valence-electron chi connectivity index (χ1n) is 7.46. The van der Waals surface area contributed by atoms with Gasteiger partial charge in [0, 0.05) is 11.0 Å². The SMILES string of the molecule is CCCC(C)(NC(=O)C(C)(CC)C(C)C)C(C)C. The van der Waals surface area contributed by atoms with Gasteiger partial charge in [0.1, 0.15) is 0 Å². The molecule has 0 aromatic heterocycles. The molecule has 0 saturated carbocycles. The Balaban J connectivity index is 5.01. The monoisotopic (exact) mass is 255 g/mol. The van der Waals surface area contributed by atoms with Crippen LogP contribution in [-0.4, -0.2) is 11.4 Å². The first-order valence-corrected chi connectivity index (χ1v) is 7.46. The Bertz CT molecular complexity index is 272. The zero-order chi connectivity index (χ0) is 14.6. The zero-order valence-electron chi connectivity index (χ0n) is 13.7. The summed E-state index contributed by atoms with van der Waals surface area (Å²) in [6.07, 6.45) is 3.02. The van der Waals surface area contributed by atoms with Crippen LogP contribution in [0, 0.1) is 17.3 Å². The van der Waals surface area contributed by atoms with Crippen molar-refractivity contribution >= 4 is 5.91 Å². The second kappa shape index (κ2) is 6.58. The molecule has 0 bridgehead atoms. The van der Waals surface area contributed by atoms with E-state index in [0.717, 1.165) is 19.3 Å². The standard InChI is InChI=1S/C16H33NO/c1-9-11-16(8,13(5)6)17-14(18)15(7,10-2)12(3)4/h12-13H,9-11H2,1-8H3,(H,17,18). The lowest BCUT2D eigenvalue weighted by molar-refractivity contribution is -0.135. The van der Waals surface area contributed by atoms with Crippen LogP contribution in [0.5, 0.6) is 0 Å². The van der Waals surface area contributed by atoms with Gasteiger partial charge in [-0.2, -0.15) is 0 Å². The molecule has 0 spiro atoms. The molecule has 0 rings (SSSR count). The first-order chi connectivity index (χ1) is 8.14. The van der Waals surface area contributed by atoms with E-state index in [0.29, 0.717) is 11.8 Å². The summed E-state index contributed by atoms with van der Waals surface area (Å²) in [6, 6.07) is 0. The third-order valence-electron chi connectivity index (χ3n) is 4.97. The van der Waals surface area contributed by atoms with Crippen LogP contribution >= 0.6 is 0 Å². The lowest BCUT2D eigenvalue weighted by atomic mass is 9.74. The highest BCUT2D eigenvalue weighted by molar-refractivity contribution is 5.83. The van der Waals surface area contributed by atoms with Gasteiger partial charge in [-0.15, -0.1) is 0 Å². The van der Waals surface area contributed by atoms with Gasteiger partial charge in [0.05, 0.1) is 0 Å². The third-order valence-corrected chi connectivity index (χ3v) is 4.97. The van der Waals surface area contributed by atoms with Crippen LogP contribution < -0.4 is 5.32 Å². The molecule has 0 aliphatic heterocycles. The summed E-state index contributed by atoms with van der Waals surface area (Å²) in [5.74, 6) is 1.03. The van der Waals surface area contributed by atoms with Crippen LogP contribution in [-0.2, 0) is 4.79 Å². The van der Waals surface area contributed by atoms with Crippen molar-refractivity contribution in [1.29, 1.82) is 0 Å². The van der Waals surface area contributed by atoms with Gasteiger partial charge in [0.2, 0.25) is 5.91 Å². The van der Waals surface area contributed by atoms with E-state index in [1.165, 1.54) is 0 Å². The van der Waals surface area contributed by atoms with E-state index < -0.39 is 0 Å². The Morgan fingerprint density at radius 3 is 1.83 bits per heavy atom. The van der Waals surface area contributed by atoms with Gasteiger partial charge < -0.3 is 5.32 Å². The quantitative estimate of drug-likeness (QED) is 0.718. The van der Waals surface area contributed by atoms with Gasteiger partial charge >= 0.3 is 0 Å². The van der Waals surface area contributed by atoms with Gasteiger partial charge in [-0.25, -0.2) is 0 Å². The largest absolute Gasteiger partial charge is 0.350 e. The first kappa shape index (κ1) is 17.5. The molecule has 1 N–H and O–H groups in total. The molecule has 108 valence electrons. The number of rotatable bonds is 7. The maximum absolute atomic E-state index is 12.6. The minimum absolute atomic E-state index is 0.0862. The van der Waals surface area contributed by atoms with Gasteiger partial charge in [0.25, 0.3) is 0 Å². The summed E-state index contributed by atoms with van der Waals surface area (Å²) in [5, 5.41) is 3.33. The Morgan fingerprint density at radius 1 is 1.06 bits per heavy atom. The zero-order valence-corrected chi connectivity index (χ0v) is 13.7. The van der Waals surface area contributed by atoms with Gasteiger partial charge in [-0.05, 0) is 31.6 Å². The molecule has 2 unspecified atom stereocenters. The number of hydrogen-bond donors (Lipinski definition) is 1. The number of hydrogen-bond acceptors (Lipinski definition) is 1. The number of carbonyl (C=O) groups excluding carboxylic acids is 1. The van der Waals surface area contributed by atoms with Crippen molar-refractivity contribution < 1.29 is 4.79 Å². The average molecular weight is 255 g/mol. The van der Waals surface area contributed by atoms with E-state index in [-0.39, 0.29) is 16.9 Å². The molecule has 0 heterocycles. The highest BCUT2D eigenvalue weighted by Crippen LogP contribution is 2.33. The molecule has 1 amide bonds. The van der Waals surface area contributed by atoms with E-state index >= 15 is 0 Å². The molecular weight excluding hydrogens is 222 g/mol. The lowest BCUT2D eigenvalue weighted by Crippen LogP contribution is -2.55. The van der Waals surface area contributed by atoms with Crippen molar-refractivity contribution in [2.45, 2.75) is 80.2 Å². The Hall–Kier alpha value is -0.530. The molecule has 0 aromatic rings. The maximum atomic E-state index is 12.6. The molecule has 2 nitrogen and oxygen atoms in total. The van der Waals surface area contributed by atoms with Crippen LogP contribution in [0.15, 0.2) is 0 Å². The predicted octanol–water partition coefficient (Wildman–Crippen LogP) is 4.39. The Labute approximate surface area is 114 Å². The second-order valence-electron chi connectivity index (χ2n) is 6.70. The summed E-state index contributed by atoms with van der Waals surface area (Å²) in [5.41, 5.74) is -0.346. The van der Waals surface area contributed by atoms with E-state index in [1.54, 1.807) is 0 Å². The fraction of sp³-hybridized carbons (Fsp3) is 0.938.